The highest BCUT2D eigenvalue weighted by Gasteiger charge is 2.27. The van der Waals surface area contributed by atoms with E-state index in [1.54, 1.807) is 20.8 Å². The molecule has 258 valence electrons. The Morgan fingerprint density at radius 1 is 0.660 bits per heavy atom. The summed E-state index contributed by atoms with van der Waals surface area (Å²) in [6, 6.07) is 16.5. The molecule has 2 aromatic carbocycles. The lowest BCUT2D eigenvalue weighted by molar-refractivity contribution is -0.147. The van der Waals surface area contributed by atoms with E-state index in [9.17, 15) is 24.0 Å². The van der Waals surface area contributed by atoms with E-state index >= 15 is 0 Å². The first kappa shape index (κ1) is 39.6. The van der Waals surface area contributed by atoms with E-state index in [0.29, 0.717) is 0 Å². The minimum Gasteiger partial charge on any atom is -0.461 e. The molecule has 2 N–H and O–H groups in total. The summed E-state index contributed by atoms with van der Waals surface area (Å²) >= 11 is 17.0. The van der Waals surface area contributed by atoms with E-state index < -0.39 is 58.0 Å². The fraction of sp³-hybridized carbons (Fsp3) is 0.485. The van der Waals surface area contributed by atoms with Crippen molar-refractivity contribution in [3.05, 3.63) is 71.8 Å². The van der Waals surface area contributed by atoms with Crippen molar-refractivity contribution in [2.75, 3.05) is 6.61 Å². The second-order valence-corrected chi connectivity index (χ2v) is 14.2. The summed E-state index contributed by atoms with van der Waals surface area (Å²) in [5.74, 6) is -2.40. The van der Waals surface area contributed by atoms with Crippen LogP contribution in [0.15, 0.2) is 60.7 Å². The lowest BCUT2D eigenvalue weighted by Crippen LogP contribution is -2.44. The minimum absolute atomic E-state index is 0.0260. The van der Waals surface area contributed by atoms with Crippen LogP contribution in [0.3, 0.4) is 0 Å². The molecule has 2 atom stereocenters. The third kappa shape index (κ3) is 19.7. The fourth-order valence-electron chi connectivity index (χ4n) is 4.06. The second kappa shape index (κ2) is 20.0. The molecular formula is C33H41Cl3N2O9. The highest BCUT2D eigenvalue weighted by molar-refractivity contribution is 6.67. The predicted octanol–water partition coefficient (Wildman–Crippen LogP) is 6.11. The molecule has 0 radical (unpaired) electrons. The van der Waals surface area contributed by atoms with Gasteiger partial charge >= 0.3 is 24.0 Å². The number of alkyl halides is 3. The monoisotopic (exact) mass is 714 g/mol. The normalized spacial score (nSPS) is 12.6. The van der Waals surface area contributed by atoms with Gasteiger partial charge in [-0.15, -0.1) is 0 Å². The SMILES string of the molecule is CC(C)(C)OC(=O)N[C@@H](CCC(=O)OCc1ccccc1)CC(=O)N[C@@H](CCC(=O)OCc1ccccc1)CC(=O)OCC(Cl)(Cl)Cl. The second-order valence-electron chi connectivity index (χ2n) is 11.7. The largest absolute Gasteiger partial charge is 0.461 e. The Balaban J connectivity index is 2.03. The van der Waals surface area contributed by atoms with Gasteiger partial charge in [0.1, 0.15) is 25.4 Å². The Hall–Kier alpha value is -3.54. The number of carbonyl (C=O) groups is 5. The molecule has 0 bridgehead atoms. The topological polar surface area (TPSA) is 146 Å². The van der Waals surface area contributed by atoms with Crippen LogP contribution in [0.25, 0.3) is 0 Å². The van der Waals surface area contributed by atoms with Crippen molar-refractivity contribution in [2.24, 2.45) is 0 Å². The van der Waals surface area contributed by atoms with Crippen molar-refractivity contribution in [2.45, 2.75) is 94.0 Å². The fourth-order valence-corrected chi connectivity index (χ4v) is 4.23. The van der Waals surface area contributed by atoms with Gasteiger partial charge in [-0.3, -0.25) is 19.2 Å². The van der Waals surface area contributed by atoms with E-state index in [0.717, 1.165) is 11.1 Å². The third-order valence-electron chi connectivity index (χ3n) is 6.21. The summed E-state index contributed by atoms with van der Waals surface area (Å²) < 4.78 is 19.1. The minimum atomic E-state index is -1.83. The van der Waals surface area contributed by atoms with Gasteiger partial charge in [0.05, 0.1) is 6.42 Å². The molecule has 14 heteroatoms. The van der Waals surface area contributed by atoms with E-state index in [1.807, 2.05) is 60.7 Å². The molecule has 0 aliphatic carbocycles. The Morgan fingerprint density at radius 3 is 1.57 bits per heavy atom. The molecule has 2 rings (SSSR count). The lowest BCUT2D eigenvalue weighted by atomic mass is 10.0. The Labute approximate surface area is 289 Å². The molecule has 0 unspecified atom stereocenters. The van der Waals surface area contributed by atoms with Crippen LogP contribution in [0.4, 0.5) is 4.79 Å². The molecule has 0 saturated carbocycles. The number of benzene rings is 2. The predicted molar refractivity (Wildman–Crippen MR) is 177 cm³/mol. The molecule has 0 aliphatic heterocycles. The van der Waals surface area contributed by atoms with Crippen molar-refractivity contribution in [3.63, 3.8) is 0 Å². The van der Waals surface area contributed by atoms with Crippen LogP contribution in [0, 0.1) is 0 Å². The third-order valence-corrected chi connectivity index (χ3v) is 6.53. The molecule has 2 aromatic rings. The molecule has 0 saturated heterocycles. The maximum atomic E-state index is 13.2. The van der Waals surface area contributed by atoms with Crippen LogP contribution >= 0.6 is 34.8 Å². The number of rotatable bonds is 17. The maximum Gasteiger partial charge on any atom is 0.407 e. The number of alkyl carbamates (subject to hydrolysis) is 1. The van der Waals surface area contributed by atoms with Crippen LogP contribution in [0.1, 0.15) is 70.4 Å². The highest BCUT2D eigenvalue weighted by Crippen LogP contribution is 2.26. The van der Waals surface area contributed by atoms with Gasteiger partial charge in [0.25, 0.3) is 0 Å². The van der Waals surface area contributed by atoms with Gasteiger partial charge in [0, 0.05) is 31.3 Å². The highest BCUT2D eigenvalue weighted by atomic mass is 35.6. The van der Waals surface area contributed by atoms with Crippen LogP contribution in [-0.2, 0) is 51.3 Å². The Kier molecular flexibility index (Phi) is 16.8. The van der Waals surface area contributed by atoms with E-state index in [2.05, 4.69) is 10.6 Å². The molecule has 0 spiro atoms. The maximum absolute atomic E-state index is 13.2. The average Bonchev–Trinajstić information content (AvgIpc) is 2.99. The van der Waals surface area contributed by atoms with Crippen LogP contribution in [0.2, 0.25) is 0 Å². The lowest BCUT2D eigenvalue weighted by Gasteiger charge is -2.24. The molecule has 11 nitrogen and oxygen atoms in total. The van der Waals surface area contributed by atoms with Crippen molar-refractivity contribution >= 4 is 64.7 Å². The first-order valence-corrected chi connectivity index (χ1v) is 16.1. The number of nitrogens with one attached hydrogen (secondary N) is 2. The summed E-state index contributed by atoms with van der Waals surface area (Å²) in [6.07, 6.45) is -1.53. The summed E-state index contributed by atoms with van der Waals surface area (Å²) in [7, 11) is 0. The quantitative estimate of drug-likeness (QED) is 0.113. The molecular weight excluding hydrogens is 675 g/mol. The number of ether oxygens (including phenoxy) is 4. The number of esters is 3. The standard InChI is InChI=1S/C33H41Cl3N2O9/c1-32(2,3)47-31(43)38-25(14-16-28(40)44-20-23-10-6-4-7-11-23)18-27(39)37-26(19-30(42)46-22-33(34,35)36)15-17-29(41)45-21-24-12-8-5-9-13-24/h4-13,25-26H,14-22H2,1-3H3,(H,37,39)(H,38,43)/t25-,26-/m0/s1. The van der Waals surface area contributed by atoms with Crippen molar-refractivity contribution in [1.29, 1.82) is 0 Å². The number of amides is 2. The summed E-state index contributed by atoms with van der Waals surface area (Å²) in [5.41, 5.74) is 0.804. The number of halogens is 3. The van der Waals surface area contributed by atoms with Gasteiger partial charge < -0.3 is 29.6 Å². The van der Waals surface area contributed by atoms with E-state index in [-0.39, 0.29) is 51.7 Å². The van der Waals surface area contributed by atoms with Crippen molar-refractivity contribution in [1.82, 2.24) is 10.6 Å². The van der Waals surface area contributed by atoms with Gasteiger partial charge in [-0.25, -0.2) is 4.79 Å². The van der Waals surface area contributed by atoms with Gasteiger partial charge in [0.15, 0.2) is 0 Å². The van der Waals surface area contributed by atoms with E-state index in [1.165, 1.54) is 0 Å². The van der Waals surface area contributed by atoms with Crippen LogP contribution in [-0.4, -0.2) is 58.0 Å². The first-order valence-electron chi connectivity index (χ1n) is 15.0. The first-order chi connectivity index (χ1) is 22.1. The zero-order chi connectivity index (χ0) is 34.9. The van der Waals surface area contributed by atoms with Gasteiger partial charge in [-0.2, -0.15) is 0 Å². The zero-order valence-electron chi connectivity index (χ0n) is 26.6. The smallest absolute Gasteiger partial charge is 0.407 e. The van der Waals surface area contributed by atoms with E-state index in [4.69, 9.17) is 53.8 Å². The van der Waals surface area contributed by atoms with Gasteiger partial charge in [-0.05, 0) is 44.7 Å². The van der Waals surface area contributed by atoms with Crippen molar-refractivity contribution in [3.8, 4) is 0 Å². The number of hydrogen-bond donors (Lipinski definition) is 2. The molecule has 0 fully saturated rings. The molecule has 2 amide bonds. The Morgan fingerprint density at radius 2 is 1.13 bits per heavy atom. The molecule has 47 heavy (non-hydrogen) atoms. The Bertz CT molecular complexity index is 1300. The van der Waals surface area contributed by atoms with Crippen molar-refractivity contribution < 1.29 is 42.9 Å². The average molecular weight is 716 g/mol. The molecule has 0 aliphatic rings. The van der Waals surface area contributed by atoms with Crippen LogP contribution in [0.5, 0.6) is 0 Å². The number of hydrogen-bond acceptors (Lipinski definition) is 9. The van der Waals surface area contributed by atoms with Gasteiger partial charge in [0.2, 0.25) is 9.70 Å². The molecule has 0 aromatic heterocycles. The van der Waals surface area contributed by atoms with Crippen LogP contribution < -0.4 is 10.6 Å². The number of carbonyl (C=O) groups excluding carboxylic acids is 5. The summed E-state index contributed by atoms with van der Waals surface area (Å²) in [5, 5.41) is 5.33. The molecule has 0 heterocycles. The summed E-state index contributed by atoms with van der Waals surface area (Å²) in [4.78, 5) is 63.1. The van der Waals surface area contributed by atoms with Gasteiger partial charge in [-0.1, -0.05) is 95.5 Å². The summed E-state index contributed by atoms with van der Waals surface area (Å²) in [6.45, 7) is 4.69. The zero-order valence-corrected chi connectivity index (χ0v) is 28.9.